The average Bonchev–Trinajstić information content (AvgIpc) is 2.46. The quantitative estimate of drug-likeness (QED) is 0.828. The van der Waals surface area contributed by atoms with Gasteiger partial charge in [-0.25, -0.2) is 12.8 Å². The van der Waals surface area contributed by atoms with Gasteiger partial charge < -0.3 is 4.74 Å². The first-order valence-corrected chi connectivity index (χ1v) is 9.10. The van der Waals surface area contributed by atoms with Crippen LogP contribution in [0.2, 0.25) is 5.02 Å². The normalized spacial score (nSPS) is 20.6. The topological polar surface area (TPSA) is 46.6 Å². The van der Waals surface area contributed by atoms with Crippen molar-refractivity contribution in [2.24, 2.45) is 0 Å². The fourth-order valence-corrected chi connectivity index (χ4v) is 3.38. The molecule has 21 heavy (non-hydrogen) atoms. The number of morpholine rings is 1. The molecule has 0 saturated carbocycles. The standard InChI is InChI=1S/C14H19ClFNO3S/c1-2-21(18,19)8-6-17-5-7-20-14(10-17)12-4-3-11(16)9-13(12)15/h3-4,9,14H,2,5-8,10H2,1H3/t14-/m0/s1. The Hall–Kier alpha value is -0.690. The molecule has 1 aromatic rings. The molecule has 0 amide bonds. The molecule has 1 aliphatic rings. The molecule has 0 unspecified atom stereocenters. The molecule has 1 heterocycles. The summed E-state index contributed by atoms with van der Waals surface area (Å²) in [5.74, 6) is -0.0803. The van der Waals surface area contributed by atoms with Gasteiger partial charge in [-0.05, 0) is 12.1 Å². The molecule has 118 valence electrons. The van der Waals surface area contributed by atoms with Crippen molar-refractivity contribution in [2.45, 2.75) is 13.0 Å². The molecule has 2 rings (SSSR count). The van der Waals surface area contributed by atoms with Gasteiger partial charge in [-0.1, -0.05) is 24.6 Å². The predicted octanol–water partition coefficient (Wildman–Crippen LogP) is 2.29. The molecule has 0 aromatic heterocycles. The van der Waals surface area contributed by atoms with Gasteiger partial charge in [0.25, 0.3) is 0 Å². The zero-order valence-electron chi connectivity index (χ0n) is 11.9. The molecular formula is C14H19ClFNO3S. The van der Waals surface area contributed by atoms with Gasteiger partial charge >= 0.3 is 0 Å². The Kier molecular flexibility index (Phi) is 5.60. The van der Waals surface area contributed by atoms with Crippen LogP contribution in [0, 0.1) is 5.82 Å². The van der Waals surface area contributed by atoms with Crippen molar-refractivity contribution in [3.8, 4) is 0 Å². The lowest BCUT2D eigenvalue weighted by Gasteiger charge is -2.33. The van der Waals surface area contributed by atoms with Crippen LogP contribution in [0.3, 0.4) is 0 Å². The largest absolute Gasteiger partial charge is 0.371 e. The van der Waals surface area contributed by atoms with Gasteiger partial charge in [0.05, 0.1) is 18.5 Å². The minimum Gasteiger partial charge on any atom is -0.371 e. The molecule has 1 saturated heterocycles. The van der Waals surface area contributed by atoms with Gasteiger partial charge in [-0.3, -0.25) is 4.90 Å². The Balaban J connectivity index is 2.00. The third kappa shape index (κ3) is 4.64. The van der Waals surface area contributed by atoms with E-state index in [1.165, 1.54) is 12.1 Å². The zero-order valence-corrected chi connectivity index (χ0v) is 13.5. The molecule has 0 bridgehead atoms. The van der Waals surface area contributed by atoms with E-state index in [0.29, 0.717) is 31.3 Å². The number of nitrogens with zero attached hydrogens (tertiary/aromatic N) is 1. The zero-order chi connectivity index (χ0) is 15.5. The van der Waals surface area contributed by atoms with E-state index in [9.17, 15) is 12.8 Å². The summed E-state index contributed by atoms with van der Waals surface area (Å²) in [6.07, 6.45) is -0.254. The van der Waals surface area contributed by atoms with Crippen LogP contribution >= 0.6 is 11.6 Å². The van der Waals surface area contributed by atoms with E-state index in [4.69, 9.17) is 16.3 Å². The van der Waals surface area contributed by atoms with Crippen LogP contribution < -0.4 is 0 Å². The summed E-state index contributed by atoms with van der Waals surface area (Å²) in [5, 5.41) is 0.336. The number of rotatable bonds is 5. The van der Waals surface area contributed by atoms with Gasteiger partial charge in [0.2, 0.25) is 0 Å². The average molecular weight is 336 g/mol. The van der Waals surface area contributed by atoms with Crippen molar-refractivity contribution in [3.05, 3.63) is 34.6 Å². The van der Waals surface area contributed by atoms with E-state index in [-0.39, 0.29) is 23.4 Å². The van der Waals surface area contributed by atoms with Crippen LogP contribution in [-0.4, -0.2) is 51.1 Å². The molecule has 4 nitrogen and oxygen atoms in total. The minimum atomic E-state index is -2.97. The monoisotopic (exact) mass is 335 g/mol. The van der Waals surface area contributed by atoms with Crippen molar-refractivity contribution in [2.75, 3.05) is 37.7 Å². The summed E-state index contributed by atoms with van der Waals surface area (Å²) >= 11 is 6.05. The van der Waals surface area contributed by atoms with Crippen molar-refractivity contribution in [1.82, 2.24) is 4.90 Å². The highest BCUT2D eigenvalue weighted by Gasteiger charge is 2.24. The second kappa shape index (κ2) is 7.05. The molecule has 0 spiro atoms. The van der Waals surface area contributed by atoms with Crippen molar-refractivity contribution in [1.29, 1.82) is 0 Å². The van der Waals surface area contributed by atoms with E-state index < -0.39 is 9.84 Å². The first kappa shape index (κ1) is 16.7. The third-order valence-corrected chi connectivity index (χ3v) is 5.63. The van der Waals surface area contributed by atoms with Crippen LogP contribution in [0.5, 0.6) is 0 Å². The SMILES string of the molecule is CCS(=O)(=O)CCN1CCO[C@H](c2ccc(F)cc2Cl)C1. The summed E-state index contributed by atoms with van der Waals surface area (Å²) in [5.41, 5.74) is 0.737. The highest BCUT2D eigenvalue weighted by Crippen LogP contribution is 2.29. The fourth-order valence-electron chi connectivity index (χ4n) is 2.27. The molecule has 1 aromatic carbocycles. The number of benzene rings is 1. The summed E-state index contributed by atoms with van der Waals surface area (Å²) in [7, 11) is -2.97. The number of halogens is 2. The van der Waals surface area contributed by atoms with Crippen LogP contribution in [0.15, 0.2) is 18.2 Å². The van der Waals surface area contributed by atoms with Crippen molar-refractivity contribution >= 4 is 21.4 Å². The molecular weight excluding hydrogens is 317 g/mol. The lowest BCUT2D eigenvalue weighted by Crippen LogP contribution is -2.41. The molecule has 0 radical (unpaired) electrons. The van der Waals surface area contributed by atoms with Gasteiger partial charge in [0.1, 0.15) is 5.82 Å². The molecule has 0 aliphatic carbocycles. The van der Waals surface area contributed by atoms with Gasteiger partial charge in [0.15, 0.2) is 9.84 Å². The minimum absolute atomic E-state index is 0.146. The maximum absolute atomic E-state index is 13.1. The second-order valence-electron chi connectivity index (χ2n) is 5.06. The van der Waals surface area contributed by atoms with Crippen LogP contribution in [-0.2, 0) is 14.6 Å². The lowest BCUT2D eigenvalue weighted by molar-refractivity contribution is -0.0278. The summed E-state index contributed by atoms with van der Waals surface area (Å²) in [6, 6.07) is 4.24. The lowest BCUT2D eigenvalue weighted by atomic mass is 10.1. The fraction of sp³-hybridized carbons (Fsp3) is 0.571. The highest BCUT2D eigenvalue weighted by molar-refractivity contribution is 7.91. The summed E-state index contributed by atoms with van der Waals surface area (Å²) < 4.78 is 41.9. The van der Waals surface area contributed by atoms with Crippen LogP contribution in [0.25, 0.3) is 0 Å². The van der Waals surface area contributed by atoms with Crippen molar-refractivity contribution < 1.29 is 17.5 Å². The molecule has 7 heteroatoms. The van der Waals surface area contributed by atoms with Crippen LogP contribution in [0.1, 0.15) is 18.6 Å². The van der Waals surface area contributed by atoms with Crippen molar-refractivity contribution in [3.63, 3.8) is 0 Å². The van der Waals surface area contributed by atoms with Gasteiger partial charge in [-0.2, -0.15) is 0 Å². The molecule has 0 N–H and O–H groups in total. The maximum Gasteiger partial charge on any atom is 0.151 e. The van der Waals surface area contributed by atoms with E-state index in [1.807, 2.05) is 4.90 Å². The Morgan fingerprint density at radius 1 is 1.48 bits per heavy atom. The summed E-state index contributed by atoms with van der Waals surface area (Å²) in [4.78, 5) is 2.04. The smallest absolute Gasteiger partial charge is 0.151 e. The van der Waals surface area contributed by atoms with E-state index >= 15 is 0 Å². The van der Waals surface area contributed by atoms with Crippen LogP contribution in [0.4, 0.5) is 4.39 Å². The third-order valence-electron chi connectivity index (χ3n) is 3.62. The van der Waals surface area contributed by atoms with E-state index in [1.54, 1.807) is 13.0 Å². The summed E-state index contributed by atoms with van der Waals surface area (Å²) in [6.45, 7) is 3.88. The number of hydrogen-bond donors (Lipinski definition) is 0. The first-order chi connectivity index (χ1) is 9.91. The highest BCUT2D eigenvalue weighted by atomic mass is 35.5. The maximum atomic E-state index is 13.1. The number of sulfone groups is 1. The van der Waals surface area contributed by atoms with Gasteiger partial charge in [-0.15, -0.1) is 0 Å². The Morgan fingerprint density at radius 3 is 2.90 bits per heavy atom. The Morgan fingerprint density at radius 2 is 2.24 bits per heavy atom. The molecule has 1 aliphatic heterocycles. The van der Waals surface area contributed by atoms with Gasteiger partial charge in [0, 0.05) is 36.0 Å². The Bertz CT molecular complexity index is 594. The number of hydrogen-bond acceptors (Lipinski definition) is 4. The molecule has 1 atom stereocenters. The van der Waals surface area contributed by atoms with E-state index in [2.05, 4.69) is 0 Å². The second-order valence-corrected chi connectivity index (χ2v) is 7.94. The van der Waals surface area contributed by atoms with E-state index in [0.717, 1.165) is 5.56 Å². The first-order valence-electron chi connectivity index (χ1n) is 6.90. The molecule has 1 fully saturated rings. The number of ether oxygens (including phenoxy) is 1. The predicted molar refractivity (Wildman–Crippen MR) is 80.9 cm³/mol. The Labute approximate surface area is 129 Å².